The molecule has 1 aromatic carbocycles. The number of carbonyl (C=O) groups excluding carboxylic acids is 1. The first-order chi connectivity index (χ1) is 8.22. The molecule has 0 aliphatic rings. The quantitative estimate of drug-likeness (QED) is 0.833. The second-order valence-electron chi connectivity index (χ2n) is 3.96. The van der Waals surface area contributed by atoms with E-state index in [4.69, 9.17) is 11.6 Å². The molecule has 0 saturated heterocycles. The van der Waals surface area contributed by atoms with Crippen molar-refractivity contribution in [2.45, 2.75) is 0 Å². The molecule has 0 heterocycles. The maximum absolute atomic E-state index is 12.1. The van der Waals surface area contributed by atoms with Crippen LogP contribution >= 0.6 is 27.5 Å². The summed E-state index contributed by atoms with van der Waals surface area (Å²) in [6, 6.07) is 5.04. The number of sulfone groups is 1. The third kappa shape index (κ3) is 4.26. The minimum atomic E-state index is -3.09. The predicted molar refractivity (Wildman–Crippen MR) is 75.8 cm³/mol. The molecular formula is C11H13BrClNO3S. The minimum absolute atomic E-state index is 0.0686. The van der Waals surface area contributed by atoms with Crippen molar-refractivity contribution in [2.75, 3.05) is 25.6 Å². The van der Waals surface area contributed by atoms with Gasteiger partial charge in [0.2, 0.25) is 0 Å². The van der Waals surface area contributed by atoms with Gasteiger partial charge in [-0.3, -0.25) is 4.79 Å². The molecule has 0 aliphatic heterocycles. The Balaban J connectivity index is 2.84. The Bertz CT molecular complexity index is 559. The van der Waals surface area contributed by atoms with Gasteiger partial charge in [-0.2, -0.15) is 0 Å². The highest BCUT2D eigenvalue weighted by molar-refractivity contribution is 9.10. The van der Waals surface area contributed by atoms with Gasteiger partial charge in [-0.15, -0.1) is 0 Å². The number of hydrogen-bond acceptors (Lipinski definition) is 3. The average Bonchev–Trinajstić information content (AvgIpc) is 2.28. The molecule has 1 amide bonds. The van der Waals surface area contributed by atoms with Crippen LogP contribution < -0.4 is 0 Å². The van der Waals surface area contributed by atoms with E-state index in [1.54, 1.807) is 25.2 Å². The van der Waals surface area contributed by atoms with E-state index in [9.17, 15) is 13.2 Å². The van der Waals surface area contributed by atoms with Gasteiger partial charge in [0.25, 0.3) is 5.91 Å². The number of halogens is 2. The van der Waals surface area contributed by atoms with E-state index in [0.29, 0.717) is 15.1 Å². The summed E-state index contributed by atoms with van der Waals surface area (Å²) in [6.07, 6.45) is 1.14. The van der Waals surface area contributed by atoms with Crippen molar-refractivity contribution in [3.05, 3.63) is 33.3 Å². The maximum Gasteiger partial charge on any atom is 0.255 e. The number of amides is 1. The topological polar surface area (TPSA) is 54.5 Å². The van der Waals surface area contributed by atoms with Crippen molar-refractivity contribution in [2.24, 2.45) is 0 Å². The first kappa shape index (κ1) is 15.5. The molecule has 0 spiro atoms. The van der Waals surface area contributed by atoms with Gasteiger partial charge >= 0.3 is 0 Å². The van der Waals surface area contributed by atoms with Gasteiger partial charge in [-0.05, 0) is 28.1 Å². The Hall–Kier alpha value is -0.590. The van der Waals surface area contributed by atoms with Crippen molar-refractivity contribution in [1.82, 2.24) is 4.90 Å². The Morgan fingerprint density at radius 2 is 2.06 bits per heavy atom. The van der Waals surface area contributed by atoms with Gasteiger partial charge in [0.15, 0.2) is 0 Å². The molecule has 0 aliphatic carbocycles. The van der Waals surface area contributed by atoms with Gasteiger partial charge in [0.05, 0.1) is 16.3 Å². The van der Waals surface area contributed by atoms with E-state index in [1.807, 2.05) is 0 Å². The molecule has 0 bridgehead atoms. The van der Waals surface area contributed by atoms with Crippen LogP contribution in [0.2, 0.25) is 5.02 Å². The van der Waals surface area contributed by atoms with Crippen molar-refractivity contribution in [3.8, 4) is 0 Å². The molecule has 0 N–H and O–H groups in total. The number of hydrogen-bond donors (Lipinski definition) is 0. The molecule has 7 heteroatoms. The molecule has 1 aromatic rings. The zero-order valence-corrected chi connectivity index (χ0v) is 13.1. The molecule has 0 fully saturated rings. The minimum Gasteiger partial charge on any atom is -0.341 e. The van der Waals surface area contributed by atoms with Gasteiger partial charge in [0.1, 0.15) is 9.84 Å². The summed E-state index contributed by atoms with van der Waals surface area (Å²) in [4.78, 5) is 13.4. The van der Waals surface area contributed by atoms with E-state index < -0.39 is 9.84 Å². The summed E-state index contributed by atoms with van der Waals surface area (Å²) in [5.41, 5.74) is 0.349. The molecule has 0 saturated carbocycles. The summed E-state index contributed by atoms with van der Waals surface area (Å²) in [5, 5.41) is 0.328. The first-order valence-electron chi connectivity index (χ1n) is 5.09. The van der Waals surface area contributed by atoms with Crippen molar-refractivity contribution in [3.63, 3.8) is 0 Å². The average molecular weight is 355 g/mol. The molecule has 0 atom stereocenters. The summed E-state index contributed by atoms with van der Waals surface area (Å²) >= 11 is 9.25. The van der Waals surface area contributed by atoms with Gasteiger partial charge in [0, 0.05) is 24.3 Å². The number of benzene rings is 1. The molecule has 100 valence electrons. The van der Waals surface area contributed by atoms with E-state index in [2.05, 4.69) is 15.9 Å². The summed E-state index contributed by atoms with van der Waals surface area (Å²) in [7, 11) is -1.54. The van der Waals surface area contributed by atoms with Crippen molar-refractivity contribution in [1.29, 1.82) is 0 Å². The highest BCUT2D eigenvalue weighted by Gasteiger charge is 2.17. The molecule has 18 heavy (non-hydrogen) atoms. The van der Waals surface area contributed by atoms with Crippen LogP contribution in [0.25, 0.3) is 0 Å². The Morgan fingerprint density at radius 3 is 2.61 bits per heavy atom. The Morgan fingerprint density at radius 1 is 1.44 bits per heavy atom. The smallest absolute Gasteiger partial charge is 0.255 e. The lowest BCUT2D eigenvalue weighted by atomic mass is 10.2. The molecule has 1 rings (SSSR count). The lowest BCUT2D eigenvalue weighted by Crippen LogP contribution is -2.31. The van der Waals surface area contributed by atoms with Crippen LogP contribution in [-0.2, 0) is 9.84 Å². The Labute approximate surface area is 120 Å². The van der Waals surface area contributed by atoms with E-state index in [-0.39, 0.29) is 18.2 Å². The van der Waals surface area contributed by atoms with E-state index >= 15 is 0 Å². The predicted octanol–water partition coefficient (Wildman–Crippen LogP) is 2.22. The van der Waals surface area contributed by atoms with Gasteiger partial charge in [-0.25, -0.2) is 8.42 Å². The van der Waals surface area contributed by atoms with Crippen LogP contribution in [0.5, 0.6) is 0 Å². The second-order valence-corrected chi connectivity index (χ2v) is 7.45. The molecule has 4 nitrogen and oxygen atoms in total. The second kappa shape index (κ2) is 6.04. The lowest BCUT2D eigenvalue weighted by molar-refractivity contribution is 0.0803. The third-order valence-corrected chi connectivity index (χ3v) is 4.55. The van der Waals surface area contributed by atoms with Crippen molar-refractivity contribution < 1.29 is 13.2 Å². The van der Waals surface area contributed by atoms with Crippen LogP contribution in [0, 0.1) is 0 Å². The monoisotopic (exact) mass is 353 g/mol. The van der Waals surface area contributed by atoms with E-state index in [1.165, 1.54) is 4.90 Å². The van der Waals surface area contributed by atoms with Crippen LogP contribution in [0.3, 0.4) is 0 Å². The number of rotatable bonds is 4. The SMILES string of the molecule is CN(CCS(C)(=O)=O)C(=O)c1cccc(Br)c1Cl. The normalized spacial score (nSPS) is 11.3. The van der Waals surface area contributed by atoms with Crippen LogP contribution in [0.15, 0.2) is 22.7 Å². The van der Waals surface area contributed by atoms with Crippen molar-refractivity contribution >= 4 is 43.3 Å². The summed E-state index contributed by atoms with van der Waals surface area (Å²) in [5.74, 6) is -0.370. The standard InChI is InChI=1S/C11H13BrClNO3S/c1-14(6-7-18(2,16)17)11(15)8-4-3-5-9(12)10(8)13/h3-5H,6-7H2,1-2H3. The molecular weight excluding hydrogens is 342 g/mol. The van der Waals surface area contributed by atoms with Gasteiger partial charge in [-0.1, -0.05) is 17.7 Å². The maximum atomic E-state index is 12.1. The highest BCUT2D eigenvalue weighted by Crippen LogP contribution is 2.26. The van der Waals surface area contributed by atoms with Crippen LogP contribution in [0.1, 0.15) is 10.4 Å². The van der Waals surface area contributed by atoms with E-state index in [0.717, 1.165) is 6.26 Å². The highest BCUT2D eigenvalue weighted by atomic mass is 79.9. The fourth-order valence-electron chi connectivity index (χ4n) is 1.28. The largest absolute Gasteiger partial charge is 0.341 e. The summed E-state index contributed by atoms with van der Waals surface area (Å²) in [6.45, 7) is 0.139. The molecule has 0 radical (unpaired) electrons. The third-order valence-electron chi connectivity index (χ3n) is 2.33. The summed E-state index contributed by atoms with van der Waals surface area (Å²) < 4.78 is 22.7. The number of nitrogens with zero attached hydrogens (tertiary/aromatic N) is 1. The fraction of sp³-hybridized carbons (Fsp3) is 0.364. The fourth-order valence-corrected chi connectivity index (χ4v) is 2.46. The zero-order valence-electron chi connectivity index (χ0n) is 9.98. The zero-order chi connectivity index (χ0) is 13.9. The van der Waals surface area contributed by atoms with Crippen LogP contribution in [0.4, 0.5) is 0 Å². The first-order valence-corrected chi connectivity index (χ1v) is 8.32. The lowest BCUT2D eigenvalue weighted by Gasteiger charge is -2.17. The van der Waals surface area contributed by atoms with Crippen LogP contribution in [-0.4, -0.2) is 44.8 Å². The molecule has 0 aromatic heterocycles. The molecule has 0 unspecified atom stereocenters. The Kier molecular flexibility index (Phi) is 5.19. The van der Waals surface area contributed by atoms with Gasteiger partial charge < -0.3 is 4.90 Å². The number of carbonyl (C=O) groups is 1.